The minimum Gasteiger partial charge on any atom is -0.396 e. The highest BCUT2D eigenvalue weighted by molar-refractivity contribution is 5.76. The molecular weight excluding hydrogens is 348 g/mol. The van der Waals surface area contributed by atoms with E-state index in [1.165, 1.54) is 11.0 Å². The molecule has 2 aromatic rings. The Labute approximate surface area is 157 Å². The van der Waals surface area contributed by atoms with Crippen LogP contribution in [0.1, 0.15) is 25.1 Å². The lowest BCUT2D eigenvalue weighted by Gasteiger charge is -2.51. The first-order chi connectivity index (χ1) is 13.2. The molecule has 10 heteroatoms. The van der Waals surface area contributed by atoms with Gasteiger partial charge in [-0.25, -0.2) is 9.67 Å². The number of imidazole rings is 1. The number of carbonyl (C=O) groups excluding carboxylic acids is 1. The number of nitrogens with one attached hydrogen (secondary N) is 1. The molecule has 4 rings (SSSR count). The average molecular weight is 374 g/mol. The number of aromatic amines is 1. The van der Waals surface area contributed by atoms with Crippen LogP contribution in [0, 0.1) is 11.3 Å². The summed E-state index contributed by atoms with van der Waals surface area (Å²) in [4.78, 5) is 24.3. The quantitative estimate of drug-likeness (QED) is 0.726. The number of amides is 1. The van der Waals surface area contributed by atoms with Crippen LogP contribution in [0.15, 0.2) is 18.7 Å². The molecule has 2 N–H and O–H groups in total. The van der Waals surface area contributed by atoms with Crippen molar-refractivity contribution in [1.82, 2.24) is 40.0 Å². The smallest absolute Gasteiger partial charge is 0.244 e. The van der Waals surface area contributed by atoms with Crippen LogP contribution in [0.4, 0.5) is 0 Å². The fraction of sp³-hybridized carbons (Fsp3) is 0.706. The summed E-state index contributed by atoms with van der Waals surface area (Å²) in [5.74, 6) is 1.12. The highest BCUT2D eigenvalue weighted by Crippen LogP contribution is 2.45. The van der Waals surface area contributed by atoms with Crippen molar-refractivity contribution in [3.63, 3.8) is 0 Å². The maximum absolute atomic E-state index is 12.5. The Morgan fingerprint density at radius 2 is 2.11 bits per heavy atom. The second kappa shape index (κ2) is 7.73. The first kappa shape index (κ1) is 18.1. The maximum atomic E-state index is 12.5. The summed E-state index contributed by atoms with van der Waals surface area (Å²) in [6, 6.07) is 0. The van der Waals surface area contributed by atoms with Crippen LogP contribution in [0.3, 0.4) is 0 Å². The summed E-state index contributed by atoms with van der Waals surface area (Å²) in [5.41, 5.74) is 0.125. The standard InChI is InChI=1S/C17H26N8O2/c26-12-14-9-24(16(27)11-25-13-20-21-22-25)8-3-17(14)1-6-23(7-2-17)10-15-18-4-5-19-15/h4-5,13-14,26H,1-3,6-12H2,(H,18,19)/t14-/m0/s1. The molecule has 2 aliphatic heterocycles. The molecule has 0 saturated carbocycles. The molecule has 0 aromatic carbocycles. The van der Waals surface area contributed by atoms with Gasteiger partial charge in [-0.1, -0.05) is 0 Å². The van der Waals surface area contributed by atoms with Crippen molar-refractivity contribution in [2.24, 2.45) is 11.3 Å². The Kier molecular flexibility index (Phi) is 5.17. The zero-order chi connectivity index (χ0) is 18.7. The van der Waals surface area contributed by atoms with Gasteiger partial charge in [-0.05, 0) is 48.2 Å². The topological polar surface area (TPSA) is 116 Å². The monoisotopic (exact) mass is 374 g/mol. The zero-order valence-corrected chi connectivity index (χ0v) is 15.4. The number of aliphatic hydroxyl groups is 1. The molecule has 1 amide bonds. The van der Waals surface area contributed by atoms with Crippen molar-refractivity contribution in [3.8, 4) is 0 Å². The third-order valence-corrected chi connectivity index (χ3v) is 6.23. The number of H-pyrrole nitrogens is 1. The van der Waals surface area contributed by atoms with Crippen molar-refractivity contribution < 1.29 is 9.90 Å². The van der Waals surface area contributed by atoms with E-state index < -0.39 is 0 Å². The van der Waals surface area contributed by atoms with E-state index in [0.717, 1.165) is 51.3 Å². The van der Waals surface area contributed by atoms with Gasteiger partial charge in [0.15, 0.2) is 0 Å². The summed E-state index contributed by atoms with van der Waals surface area (Å²) < 4.78 is 1.44. The summed E-state index contributed by atoms with van der Waals surface area (Å²) in [5, 5.41) is 20.9. The van der Waals surface area contributed by atoms with Crippen LogP contribution in [0.5, 0.6) is 0 Å². The van der Waals surface area contributed by atoms with Gasteiger partial charge in [-0.3, -0.25) is 9.69 Å². The van der Waals surface area contributed by atoms with Gasteiger partial charge >= 0.3 is 0 Å². The van der Waals surface area contributed by atoms with E-state index in [-0.39, 0.29) is 30.4 Å². The zero-order valence-electron chi connectivity index (χ0n) is 15.4. The number of carbonyl (C=O) groups is 1. The van der Waals surface area contributed by atoms with Gasteiger partial charge in [0.2, 0.25) is 5.91 Å². The summed E-state index contributed by atoms with van der Waals surface area (Å²) >= 11 is 0. The van der Waals surface area contributed by atoms with E-state index in [4.69, 9.17) is 0 Å². The second-order valence-electron chi connectivity index (χ2n) is 7.65. The highest BCUT2D eigenvalue weighted by Gasteiger charge is 2.45. The van der Waals surface area contributed by atoms with Gasteiger partial charge in [0.05, 0.1) is 6.54 Å². The normalized spacial score (nSPS) is 23.0. The number of hydrogen-bond donors (Lipinski definition) is 2. The first-order valence-corrected chi connectivity index (χ1v) is 9.48. The lowest BCUT2D eigenvalue weighted by molar-refractivity contribution is -0.139. The van der Waals surface area contributed by atoms with Crippen molar-refractivity contribution in [3.05, 3.63) is 24.5 Å². The number of tetrazole rings is 1. The molecular formula is C17H26N8O2. The van der Waals surface area contributed by atoms with E-state index in [9.17, 15) is 9.90 Å². The van der Waals surface area contributed by atoms with Gasteiger partial charge in [0.25, 0.3) is 0 Å². The largest absolute Gasteiger partial charge is 0.396 e. The Morgan fingerprint density at radius 1 is 1.30 bits per heavy atom. The number of aliphatic hydroxyl groups excluding tert-OH is 1. The lowest BCUT2D eigenvalue weighted by atomic mass is 9.64. The van der Waals surface area contributed by atoms with Crippen molar-refractivity contribution in [2.45, 2.75) is 32.4 Å². The molecule has 146 valence electrons. The van der Waals surface area contributed by atoms with Crippen molar-refractivity contribution in [1.29, 1.82) is 0 Å². The number of hydrogen-bond acceptors (Lipinski definition) is 7. The molecule has 0 bridgehead atoms. The fourth-order valence-corrected chi connectivity index (χ4v) is 4.49. The Morgan fingerprint density at radius 3 is 2.78 bits per heavy atom. The number of aromatic nitrogens is 6. The highest BCUT2D eigenvalue weighted by atomic mass is 16.3. The van der Waals surface area contributed by atoms with E-state index in [0.29, 0.717) is 6.54 Å². The minimum atomic E-state index is 0.00542. The number of piperidine rings is 2. The Balaban J connectivity index is 1.34. The van der Waals surface area contributed by atoms with Crippen LogP contribution >= 0.6 is 0 Å². The molecule has 27 heavy (non-hydrogen) atoms. The van der Waals surface area contributed by atoms with Gasteiger partial charge in [0, 0.05) is 38.0 Å². The Bertz CT molecular complexity index is 724. The van der Waals surface area contributed by atoms with E-state index in [1.807, 2.05) is 11.1 Å². The molecule has 2 aliphatic rings. The van der Waals surface area contributed by atoms with Gasteiger partial charge < -0.3 is 15.0 Å². The lowest BCUT2D eigenvalue weighted by Crippen LogP contribution is -2.55. The predicted molar refractivity (Wildman–Crippen MR) is 95.1 cm³/mol. The van der Waals surface area contributed by atoms with Crippen LogP contribution in [-0.2, 0) is 17.9 Å². The van der Waals surface area contributed by atoms with Crippen LogP contribution in [-0.4, -0.2) is 83.8 Å². The summed E-state index contributed by atoms with van der Waals surface area (Å²) in [6.45, 7) is 4.43. The molecule has 10 nitrogen and oxygen atoms in total. The van der Waals surface area contributed by atoms with E-state index in [1.54, 1.807) is 6.20 Å². The predicted octanol–water partition coefficient (Wildman–Crippen LogP) is -0.481. The van der Waals surface area contributed by atoms with Crippen LogP contribution in [0.25, 0.3) is 0 Å². The molecule has 2 fully saturated rings. The number of likely N-dealkylation sites (tertiary alicyclic amines) is 2. The molecule has 4 heterocycles. The summed E-state index contributed by atoms with van der Waals surface area (Å²) in [7, 11) is 0. The molecule has 0 unspecified atom stereocenters. The molecule has 0 aliphatic carbocycles. The maximum Gasteiger partial charge on any atom is 0.244 e. The van der Waals surface area contributed by atoms with Crippen molar-refractivity contribution in [2.75, 3.05) is 32.8 Å². The number of nitrogens with zero attached hydrogens (tertiary/aromatic N) is 7. The average Bonchev–Trinajstić information content (AvgIpc) is 3.38. The van der Waals surface area contributed by atoms with Crippen LogP contribution in [0.2, 0.25) is 0 Å². The summed E-state index contributed by atoms with van der Waals surface area (Å²) in [6.07, 6.45) is 8.12. The Hall–Kier alpha value is -2.33. The molecule has 1 spiro atoms. The molecule has 2 saturated heterocycles. The number of rotatable bonds is 5. The molecule has 0 radical (unpaired) electrons. The van der Waals surface area contributed by atoms with Gasteiger partial charge in [0.1, 0.15) is 18.7 Å². The van der Waals surface area contributed by atoms with Crippen molar-refractivity contribution >= 4 is 5.91 Å². The molecule has 1 atom stereocenters. The SMILES string of the molecule is O=C(Cn1cnnn1)N1CCC2(CCN(Cc3ncc[nH]3)CC2)[C@H](CO)C1. The molecule has 2 aromatic heterocycles. The minimum absolute atomic E-state index is 0.00542. The fourth-order valence-electron chi connectivity index (χ4n) is 4.49. The third kappa shape index (κ3) is 3.86. The third-order valence-electron chi connectivity index (χ3n) is 6.23. The van der Waals surface area contributed by atoms with Crippen LogP contribution < -0.4 is 0 Å². The second-order valence-corrected chi connectivity index (χ2v) is 7.65. The van der Waals surface area contributed by atoms with Gasteiger partial charge in [-0.2, -0.15) is 0 Å². The van der Waals surface area contributed by atoms with E-state index in [2.05, 4.69) is 30.4 Å². The van der Waals surface area contributed by atoms with Gasteiger partial charge in [-0.15, -0.1) is 5.10 Å². The van der Waals surface area contributed by atoms with E-state index >= 15 is 0 Å². The first-order valence-electron chi connectivity index (χ1n) is 9.48.